The Hall–Kier alpha value is -3.69. The zero-order chi connectivity index (χ0) is 26.9. The van der Waals surface area contributed by atoms with Crippen LogP contribution in [0, 0.1) is 12.8 Å². The average Bonchev–Trinajstić information content (AvgIpc) is 3.20. The second-order valence-electron chi connectivity index (χ2n) is 10.4. The van der Waals surface area contributed by atoms with Crippen molar-refractivity contribution in [3.05, 3.63) is 81.6 Å². The molecule has 2 fully saturated rings. The molecule has 10 heteroatoms. The number of amides is 1. The Bertz CT molecular complexity index is 1550. The van der Waals surface area contributed by atoms with Crippen molar-refractivity contribution in [3.63, 3.8) is 0 Å². The Kier molecular flexibility index (Phi) is 7.10. The first kappa shape index (κ1) is 25.6. The summed E-state index contributed by atoms with van der Waals surface area (Å²) in [5.74, 6) is 0.766. The zero-order valence-corrected chi connectivity index (χ0v) is 22.5. The van der Waals surface area contributed by atoms with Crippen molar-refractivity contribution in [1.82, 2.24) is 29.7 Å². The third-order valence-corrected chi connectivity index (χ3v) is 7.97. The van der Waals surface area contributed by atoms with Gasteiger partial charge in [-0.2, -0.15) is 0 Å². The highest BCUT2D eigenvalue weighted by atomic mass is 35.5. The van der Waals surface area contributed by atoms with Crippen LogP contribution < -0.4 is 21.1 Å². The summed E-state index contributed by atoms with van der Waals surface area (Å²) < 4.78 is 9.44. The molecule has 0 atom stereocenters. The van der Waals surface area contributed by atoms with E-state index in [9.17, 15) is 9.59 Å². The lowest BCUT2D eigenvalue weighted by atomic mass is 9.85. The van der Waals surface area contributed by atoms with Gasteiger partial charge in [0.15, 0.2) is 0 Å². The van der Waals surface area contributed by atoms with Crippen LogP contribution in [0.1, 0.15) is 41.7 Å². The van der Waals surface area contributed by atoms with Crippen LogP contribution in [0.4, 0.5) is 0 Å². The second kappa shape index (κ2) is 10.8. The van der Waals surface area contributed by atoms with E-state index in [0.29, 0.717) is 40.3 Å². The van der Waals surface area contributed by atoms with Crippen molar-refractivity contribution >= 4 is 28.5 Å². The summed E-state index contributed by atoms with van der Waals surface area (Å²) in [6, 6.07) is 13.3. The molecular weight excluding hydrogens is 516 g/mol. The number of fused-ring (bicyclic) bond motifs is 1. The predicted molar refractivity (Wildman–Crippen MR) is 150 cm³/mol. The summed E-state index contributed by atoms with van der Waals surface area (Å²) in [4.78, 5) is 35.1. The number of ether oxygens (including phenoxy) is 1. The van der Waals surface area contributed by atoms with Crippen molar-refractivity contribution in [2.75, 3.05) is 13.1 Å². The number of imidazole rings is 1. The minimum Gasteiger partial charge on any atom is -0.472 e. The lowest BCUT2D eigenvalue weighted by molar-refractivity contribution is 0.0919. The number of hydrogen-bond acceptors (Lipinski definition) is 6. The van der Waals surface area contributed by atoms with Gasteiger partial charge in [-0.1, -0.05) is 23.7 Å². The first-order chi connectivity index (χ1) is 19.0. The lowest BCUT2D eigenvalue weighted by Crippen LogP contribution is -2.50. The minimum absolute atomic E-state index is 0.0748. The van der Waals surface area contributed by atoms with E-state index in [-0.39, 0.29) is 23.7 Å². The number of hydrogen-bond donors (Lipinski definition) is 2. The summed E-state index contributed by atoms with van der Waals surface area (Å²) >= 11 is 6.04. The molecule has 1 amide bonds. The van der Waals surface area contributed by atoms with Crippen LogP contribution in [0.2, 0.25) is 5.02 Å². The molecule has 1 aliphatic heterocycles. The zero-order valence-electron chi connectivity index (χ0n) is 21.8. The molecule has 2 N–H and O–H groups in total. The van der Waals surface area contributed by atoms with Crippen LogP contribution >= 0.6 is 11.6 Å². The maximum absolute atomic E-state index is 13.7. The van der Waals surface area contributed by atoms with Crippen LogP contribution in [0.5, 0.6) is 5.88 Å². The normalized spacial score (nSPS) is 19.5. The first-order valence-electron chi connectivity index (χ1n) is 13.4. The highest BCUT2D eigenvalue weighted by Crippen LogP contribution is 2.28. The second-order valence-corrected chi connectivity index (χ2v) is 10.9. The smallest absolute Gasteiger partial charge is 0.333 e. The van der Waals surface area contributed by atoms with E-state index in [1.54, 1.807) is 23.0 Å². The van der Waals surface area contributed by atoms with E-state index >= 15 is 0 Å². The average molecular weight is 547 g/mol. The number of carbonyl (C=O) groups excluding carboxylic acids is 1. The monoisotopic (exact) mass is 546 g/mol. The van der Waals surface area contributed by atoms with Gasteiger partial charge in [0, 0.05) is 37.9 Å². The van der Waals surface area contributed by atoms with E-state index in [0.717, 1.165) is 49.8 Å². The van der Waals surface area contributed by atoms with Crippen LogP contribution in [0.15, 0.2) is 59.7 Å². The highest BCUT2D eigenvalue weighted by Gasteiger charge is 2.26. The fourth-order valence-corrected chi connectivity index (χ4v) is 5.63. The quantitative estimate of drug-likeness (QED) is 0.365. The van der Waals surface area contributed by atoms with Gasteiger partial charge in [0.25, 0.3) is 5.91 Å². The molecule has 6 rings (SSSR count). The molecule has 1 saturated heterocycles. The third-order valence-electron chi connectivity index (χ3n) is 7.77. The fraction of sp³-hybridized carbons (Fsp3) is 0.379. The van der Waals surface area contributed by atoms with E-state index in [4.69, 9.17) is 16.3 Å². The van der Waals surface area contributed by atoms with Crippen LogP contribution in [0.3, 0.4) is 0 Å². The minimum atomic E-state index is -0.139. The molecule has 4 heterocycles. The molecule has 202 valence electrons. The molecule has 3 aromatic heterocycles. The van der Waals surface area contributed by atoms with Gasteiger partial charge in [-0.3, -0.25) is 18.9 Å². The summed E-state index contributed by atoms with van der Waals surface area (Å²) in [7, 11) is 0. The molecule has 1 saturated carbocycles. The molecule has 1 aliphatic carbocycles. The van der Waals surface area contributed by atoms with E-state index in [1.807, 2.05) is 47.9 Å². The van der Waals surface area contributed by atoms with Crippen molar-refractivity contribution in [1.29, 1.82) is 0 Å². The molecule has 0 radical (unpaired) electrons. The number of nitrogens with zero attached hydrogens (tertiary/aromatic N) is 4. The van der Waals surface area contributed by atoms with Crippen molar-refractivity contribution < 1.29 is 9.53 Å². The third kappa shape index (κ3) is 5.29. The van der Waals surface area contributed by atoms with Crippen LogP contribution in [0.25, 0.3) is 16.7 Å². The van der Waals surface area contributed by atoms with Crippen LogP contribution in [-0.2, 0) is 6.54 Å². The molecule has 0 spiro atoms. The number of carbonyl (C=O) groups is 1. The molecule has 1 aromatic carbocycles. The van der Waals surface area contributed by atoms with Gasteiger partial charge >= 0.3 is 5.69 Å². The Morgan fingerprint density at radius 2 is 1.85 bits per heavy atom. The largest absolute Gasteiger partial charge is 0.472 e. The van der Waals surface area contributed by atoms with Gasteiger partial charge in [-0.25, -0.2) is 9.78 Å². The van der Waals surface area contributed by atoms with E-state index in [1.165, 1.54) is 0 Å². The standard InChI is InChI=1S/C29H31ClN6O3/c1-18-24(12-20(30)13-32-18)28(37)34-21-8-6-19(7-9-21)17-35-25-4-2-3-5-26(25)36(29(35)38)22-10-11-27(33-14-22)39-23-15-31-16-23/h2-5,10-14,19,21,23,31H,6-9,15-17H2,1H3,(H,34,37). The molecule has 0 unspecified atom stereocenters. The fourth-order valence-electron chi connectivity index (χ4n) is 5.47. The lowest BCUT2D eigenvalue weighted by Gasteiger charge is -2.29. The molecule has 2 aliphatic rings. The van der Waals surface area contributed by atoms with Crippen LogP contribution in [-0.4, -0.2) is 50.2 Å². The number of pyridine rings is 2. The van der Waals surface area contributed by atoms with E-state index < -0.39 is 0 Å². The number of benzene rings is 1. The van der Waals surface area contributed by atoms with Crippen molar-refractivity contribution in [3.8, 4) is 11.6 Å². The number of rotatable bonds is 7. The maximum atomic E-state index is 13.7. The molecular formula is C29H31ClN6O3. The Morgan fingerprint density at radius 1 is 1.08 bits per heavy atom. The van der Waals surface area contributed by atoms with Gasteiger partial charge < -0.3 is 15.4 Å². The van der Waals surface area contributed by atoms with Crippen molar-refractivity contribution in [2.24, 2.45) is 5.92 Å². The topological polar surface area (TPSA) is 103 Å². The summed E-state index contributed by atoms with van der Waals surface area (Å²) in [5.41, 5.74) is 3.57. The van der Waals surface area contributed by atoms with Gasteiger partial charge in [-0.15, -0.1) is 0 Å². The molecule has 9 nitrogen and oxygen atoms in total. The predicted octanol–water partition coefficient (Wildman–Crippen LogP) is 3.88. The Balaban J connectivity index is 1.15. The molecule has 0 bridgehead atoms. The number of aromatic nitrogens is 4. The van der Waals surface area contributed by atoms with E-state index in [2.05, 4.69) is 20.6 Å². The maximum Gasteiger partial charge on any atom is 0.333 e. The van der Waals surface area contributed by atoms with Gasteiger partial charge in [0.05, 0.1) is 39.2 Å². The number of halogens is 1. The van der Waals surface area contributed by atoms with Gasteiger partial charge in [-0.05, 0) is 62.8 Å². The molecule has 4 aromatic rings. The van der Waals surface area contributed by atoms with Gasteiger partial charge in [0.1, 0.15) is 6.10 Å². The number of para-hydroxylation sites is 2. The summed E-state index contributed by atoms with van der Waals surface area (Å²) in [6.07, 6.45) is 6.96. The highest BCUT2D eigenvalue weighted by molar-refractivity contribution is 6.30. The summed E-state index contributed by atoms with van der Waals surface area (Å²) in [6.45, 7) is 4.09. The number of nitrogens with one attached hydrogen (secondary N) is 2. The SMILES string of the molecule is Cc1ncc(Cl)cc1C(=O)NC1CCC(Cn2c(=O)n(-c3ccc(OC4CNC4)nc3)c3ccccc32)CC1. The summed E-state index contributed by atoms with van der Waals surface area (Å²) in [5, 5.41) is 6.77. The Morgan fingerprint density at radius 3 is 2.54 bits per heavy atom. The van der Waals surface area contributed by atoms with Gasteiger partial charge in [0.2, 0.25) is 5.88 Å². The Labute approximate surface area is 231 Å². The first-order valence-corrected chi connectivity index (χ1v) is 13.8. The van der Waals surface area contributed by atoms with Crippen molar-refractivity contribution in [2.45, 2.75) is 51.3 Å². The molecule has 39 heavy (non-hydrogen) atoms. The number of aryl methyl sites for hydroxylation is 1.